The molecule has 4 nitrogen and oxygen atoms in total. The molecule has 1 aliphatic heterocycles. The van der Waals surface area contributed by atoms with Crippen molar-refractivity contribution in [2.75, 3.05) is 11.9 Å². The van der Waals surface area contributed by atoms with E-state index in [0.29, 0.717) is 36.5 Å². The van der Waals surface area contributed by atoms with Crippen LogP contribution in [0.3, 0.4) is 0 Å². The van der Waals surface area contributed by atoms with Crippen LogP contribution in [0.2, 0.25) is 0 Å². The third-order valence-electron chi connectivity index (χ3n) is 5.47. The first-order valence-corrected chi connectivity index (χ1v) is 9.92. The van der Waals surface area contributed by atoms with Gasteiger partial charge in [-0.2, -0.15) is 0 Å². The fourth-order valence-corrected chi connectivity index (χ4v) is 3.75. The quantitative estimate of drug-likeness (QED) is 0.648. The summed E-state index contributed by atoms with van der Waals surface area (Å²) in [5, 5.41) is 3.36. The number of aromatic nitrogens is 1. The first-order chi connectivity index (χ1) is 14.1. The molecule has 0 bridgehead atoms. The maximum atomic E-state index is 14.7. The molecule has 0 saturated carbocycles. The number of carbonyl (C=O) groups excluding carboxylic acids is 1. The third-order valence-corrected chi connectivity index (χ3v) is 5.47. The summed E-state index contributed by atoms with van der Waals surface area (Å²) in [6.07, 6.45) is 2.21. The molecule has 0 aliphatic carbocycles. The van der Waals surface area contributed by atoms with Gasteiger partial charge in [-0.3, -0.25) is 4.79 Å². The molecule has 1 atom stereocenters. The van der Waals surface area contributed by atoms with Crippen molar-refractivity contribution in [2.45, 2.75) is 32.9 Å². The fourth-order valence-electron chi connectivity index (χ4n) is 3.75. The van der Waals surface area contributed by atoms with Crippen molar-refractivity contribution in [1.82, 2.24) is 9.88 Å². The lowest BCUT2D eigenvalue weighted by Crippen LogP contribution is -2.22. The number of rotatable bonds is 6. The largest absolute Gasteiger partial charge is 0.363 e. The average Bonchev–Trinajstić information content (AvgIpc) is 3.07. The number of nitrogens with one attached hydrogen (secondary N) is 1. The number of hydrogen-bond donors (Lipinski definition) is 1. The second-order valence-electron chi connectivity index (χ2n) is 7.38. The number of nitrogens with zero attached hydrogens (tertiary/aromatic N) is 2. The Morgan fingerprint density at radius 3 is 2.69 bits per heavy atom. The lowest BCUT2D eigenvalue weighted by atomic mass is 10.0. The molecule has 1 N–H and O–H groups in total. The molecule has 148 valence electrons. The Labute approximate surface area is 170 Å². The summed E-state index contributed by atoms with van der Waals surface area (Å²) in [6, 6.07) is 16.9. The van der Waals surface area contributed by atoms with Crippen LogP contribution in [0.5, 0.6) is 0 Å². The van der Waals surface area contributed by atoms with E-state index in [1.54, 1.807) is 23.2 Å². The molecule has 29 heavy (non-hydrogen) atoms. The smallest absolute Gasteiger partial charge is 0.254 e. The van der Waals surface area contributed by atoms with Crippen molar-refractivity contribution in [3.63, 3.8) is 0 Å². The monoisotopic (exact) mass is 389 g/mol. The molecule has 4 rings (SSSR count). The van der Waals surface area contributed by atoms with E-state index in [0.717, 1.165) is 16.7 Å². The van der Waals surface area contributed by atoms with E-state index < -0.39 is 0 Å². The number of fused-ring (bicyclic) bond motifs is 1. The highest BCUT2D eigenvalue weighted by atomic mass is 19.1. The van der Waals surface area contributed by atoms with Crippen LogP contribution in [0.1, 0.15) is 52.5 Å². The molecular weight excluding hydrogens is 365 g/mol. The summed E-state index contributed by atoms with van der Waals surface area (Å²) in [5.41, 5.74) is 4.21. The maximum absolute atomic E-state index is 14.7. The molecule has 3 aromatic rings. The van der Waals surface area contributed by atoms with Gasteiger partial charge in [0.05, 0.1) is 12.6 Å². The van der Waals surface area contributed by atoms with Crippen LogP contribution in [0.15, 0.2) is 60.8 Å². The van der Waals surface area contributed by atoms with Gasteiger partial charge in [0.1, 0.15) is 11.6 Å². The summed E-state index contributed by atoms with van der Waals surface area (Å²) in [4.78, 5) is 18.6. The lowest BCUT2D eigenvalue weighted by molar-refractivity contribution is 0.0787. The van der Waals surface area contributed by atoms with E-state index in [9.17, 15) is 9.18 Å². The van der Waals surface area contributed by atoms with Crippen molar-refractivity contribution in [1.29, 1.82) is 0 Å². The van der Waals surface area contributed by atoms with Crippen LogP contribution in [0.25, 0.3) is 0 Å². The van der Waals surface area contributed by atoms with Crippen molar-refractivity contribution >= 4 is 11.7 Å². The molecule has 2 heterocycles. The van der Waals surface area contributed by atoms with Crippen molar-refractivity contribution in [3.8, 4) is 0 Å². The van der Waals surface area contributed by atoms with Gasteiger partial charge in [-0.15, -0.1) is 0 Å². The van der Waals surface area contributed by atoms with Gasteiger partial charge in [-0.1, -0.05) is 42.5 Å². The van der Waals surface area contributed by atoms with Gasteiger partial charge in [0.25, 0.3) is 5.91 Å². The fraction of sp³-hybridized carbons (Fsp3) is 0.250. The average molecular weight is 389 g/mol. The Hall–Kier alpha value is -3.21. The molecule has 1 aromatic heterocycles. The summed E-state index contributed by atoms with van der Waals surface area (Å²) < 4.78 is 14.7. The van der Waals surface area contributed by atoms with Gasteiger partial charge in [0, 0.05) is 30.3 Å². The second kappa shape index (κ2) is 8.03. The highest BCUT2D eigenvalue weighted by molar-refractivity contribution is 5.99. The predicted molar refractivity (Wildman–Crippen MR) is 112 cm³/mol. The van der Waals surface area contributed by atoms with Crippen LogP contribution in [-0.4, -0.2) is 22.3 Å². The van der Waals surface area contributed by atoms with Gasteiger partial charge in [0.15, 0.2) is 0 Å². The maximum Gasteiger partial charge on any atom is 0.254 e. The van der Waals surface area contributed by atoms with Crippen LogP contribution < -0.4 is 5.32 Å². The van der Waals surface area contributed by atoms with E-state index in [1.165, 1.54) is 0 Å². The first kappa shape index (κ1) is 19.1. The minimum Gasteiger partial charge on any atom is -0.363 e. The van der Waals surface area contributed by atoms with Crippen LogP contribution in [-0.2, 0) is 13.0 Å². The van der Waals surface area contributed by atoms with Crippen molar-refractivity contribution < 1.29 is 9.18 Å². The van der Waals surface area contributed by atoms with Gasteiger partial charge < -0.3 is 10.2 Å². The SMILES string of the molecule is CCN1Cc2c(ccnc2NC(C)c2ccc(Cc3ccccc3)c(F)c2)C1=O. The van der Waals surface area contributed by atoms with Gasteiger partial charge in [-0.05, 0) is 42.7 Å². The van der Waals surface area contributed by atoms with Crippen molar-refractivity contribution in [2.24, 2.45) is 0 Å². The van der Waals surface area contributed by atoms with E-state index >= 15 is 0 Å². The van der Waals surface area contributed by atoms with Gasteiger partial charge in [0.2, 0.25) is 0 Å². The number of amides is 1. The van der Waals surface area contributed by atoms with Crippen LogP contribution >= 0.6 is 0 Å². The highest BCUT2D eigenvalue weighted by Crippen LogP contribution is 2.30. The standard InChI is InChI=1S/C24H24FN3O/c1-3-28-15-21-20(24(28)29)11-12-26-23(21)27-16(2)18-9-10-19(22(25)14-18)13-17-7-5-4-6-8-17/h4-12,14,16H,3,13,15H2,1-2H3,(H,26,27). The Bertz CT molecular complexity index is 1040. The molecule has 0 spiro atoms. The molecule has 0 fully saturated rings. The predicted octanol–water partition coefficient (Wildman–Crippen LogP) is 4.96. The number of carbonyl (C=O) groups is 1. The van der Waals surface area contributed by atoms with Crippen molar-refractivity contribution in [3.05, 3.63) is 94.4 Å². The topological polar surface area (TPSA) is 45.2 Å². The summed E-state index contributed by atoms with van der Waals surface area (Å²) in [7, 11) is 0. The lowest BCUT2D eigenvalue weighted by Gasteiger charge is -2.18. The van der Waals surface area contributed by atoms with Gasteiger partial charge in [-0.25, -0.2) is 9.37 Å². The van der Waals surface area contributed by atoms with Gasteiger partial charge >= 0.3 is 0 Å². The molecule has 1 amide bonds. The van der Waals surface area contributed by atoms with Crippen LogP contribution in [0.4, 0.5) is 10.2 Å². The Morgan fingerprint density at radius 1 is 1.17 bits per heavy atom. The number of anilines is 1. The Morgan fingerprint density at radius 2 is 1.97 bits per heavy atom. The first-order valence-electron chi connectivity index (χ1n) is 9.92. The van der Waals surface area contributed by atoms with E-state index in [4.69, 9.17) is 0 Å². The molecule has 2 aromatic carbocycles. The Balaban J connectivity index is 1.52. The minimum atomic E-state index is -0.210. The summed E-state index contributed by atoms with van der Waals surface area (Å²) in [5.74, 6) is 0.517. The molecule has 0 saturated heterocycles. The van der Waals surface area contributed by atoms with E-state index in [1.807, 2.05) is 56.3 Å². The number of halogens is 1. The molecule has 1 aliphatic rings. The zero-order valence-electron chi connectivity index (χ0n) is 16.7. The zero-order valence-corrected chi connectivity index (χ0v) is 16.7. The normalized spacial score (nSPS) is 14.0. The van der Waals surface area contributed by atoms with E-state index in [2.05, 4.69) is 10.3 Å². The Kier molecular flexibility index (Phi) is 5.30. The zero-order chi connectivity index (χ0) is 20.4. The van der Waals surface area contributed by atoms with Crippen LogP contribution in [0, 0.1) is 5.82 Å². The number of hydrogen-bond acceptors (Lipinski definition) is 3. The minimum absolute atomic E-state index is 0.0388. The number of benzene rings is 2. The molecular formula is C24H24FN3O. The number of pyridine rings is 1. The molecule has 1 unspecified atom stereocenters. The van der Waals surface area contributed by atoms with E-state index in [-0.39, 0.29) is 17.8 Å². The third kappa shape index (κ3) is 3.86. The summed E-state index contributed by atoms with van der Waals surface area (Å²) in [6.45, 7) is 5.16. The highest BCUT2D eigenvalue weighted by Gasteiger charge is 2.29. The molecule has 5 heteroatoms. The summed E-state index contributed by atoms with van der Waals surface area (Å²) >= 11 is 0. The molecule has 0 radical (unpaired) electrons. The second-order valence-corrected chi connectivity index (χ2v) is 7.38.